The Morgan fingerprint density at radius 3 is 2.89 bits per heavy atom. The molecule has 9 heteroatoms. The summed E-state index contributed by atoms with van der Waals surface area (Å²) < 4.78 is 0. The second-order valence-electron chi connectivity index (χ2n) is 7.28. The molecule has 0 aliphatic carbocycles. The van der Waals surface area contributed by atoms with Crippen LogP contribution in [0.4, 0.5) is 5.69 Å². The summed E-state index contributed by atoms with van der Waals surface area (Å²) >= 11 is 7.67. The number of halogens is 1. The van der Waals surface area contributed by atoms with Gasteiger partial charge in [-0.05, 0) is 44.9 Å². The van der Waals surface area contributed by atoms with Crippen LogP contribution in [0.25, 0.3) is 0 Å². The van der Waals surface area contributed by atoms with Gasteiger partial charge in [0.2, 0.25) is 5.91 Å². The van der Waals surface area contributed by atoms with E-state index in [4.69, 9.17) is 22.0 Å². The summed E-state index contributed by atoms with van der Waals surface area (Å²) in [5, 5.41) is 13.1. The van der Waals surface area contributed by atoms with E-state index in [1.54, 1.807) is 4.90 Å². The number of rotatable bonds is 5. The largest absolute Gasteiger partial charge is 0.353 e. The van der Waals surface area contributed by atoms with Crippen LogP contribution >= 0.6 is 23.4 Å². The van der Waals surface area contributed by atoms with Gasteiger partial charge in [-0.3, -0.25) is 20.5 Å². The molecule has 1 aromatic carbocycles. The number of amidine groups is 2. The fourth-order valence-corrected chi connectivity index (χ4v) is 4.26. The number of aliphatic imine (C=N–C) groups is 1. The van der Waals surface area contributed by atoms with Gasteiger partial charge in [0, 0.05) is 17.1 Å². The molecular formula is C19H27ClN6OS. The predicted molar refractivity (Wildman–Crippen MR) is 117 cm³/mol. The Morgan fingerprint density at radius 1 is 1.46 bits per heavy atom. The number of hydrogen-bond acceptors (Lipinski definition) is 6. The Bertz CT molecular complexity index is 801. The molecule has 28 heavy (non-hydrogen) atoms. The maximum Gasteiger partial charge on any atom is 0.230 e. The zero-order chi connectivity index (χ0) is 20.4. The molecule has 1 saturated heterocycles. The van der Waals surface area contributed by atoms with Crippen molar-refractivity contribution < 1.29 is 4.79 Å². The van der Waals surface area contributed by atoms with Gasteiger partial charge in [0.05, 0.1) is 17.4 Å². The molecule has 2 aliphatic heterocycles. The first kappa shape index (κ1) is 21.1. The van der Waals surface area contributed by atoms with Crippen LogP contribution in [0, 0.1) is 18.3 Å². The van der Waals surface area contributed by atoms with Crippen molar-refractivity contribution in [2.24, 2.45) is 10.9 Å². The Morgan fingerprint density at radius 2 is 2.21 bits per heavy atom. The lowest BCUT2D eigenvalue weighted by molar-refractivity contribution is -0.119. The Hall–Kier alpha value is -1.61. The zero-order valence-electron chi connectivity index (χ0n) is 16.5. The van der Waals surface area contributed by atoms with Gasteiger partial charge in [0.25, 0.3) is 0 Å². The molecule has 2 heterocycles. The van der Waals surface area contributed by atoms with Crippen molar-refractivity contribution in [2.45, 2.75) is 52.4 Å². The number of amides is 1. The maximum absolute atomic E-state index is 12.3. The molecule has 0 spiro atoms. The van der Waals surface area contributed by atoms with Crippen molar-refractivity contribution in [3.05, 3.63) is 28.8 Å². The molecular weight excluding hydrogens is 396 g/mol. The van der Waals surface area contributed by atoms with Crippen LogP contribution in [0.15, 0.2) is 23.2 Å². The van der Waals surface area contributed by atoms with Crippen LogP contribution in [-0.4, -0.2) is 40.9 Å². The minimum absolute atomic E-state index is 0.0385. The molecule has 3 rings (SSSR count). The van der Waals surface area contributed by atoms with Gasteiger partial charge >= 0.3 is 0 Å². The highest BCUT2D eigenvalue weighted by Gasteiger charge is 2.43. The zero-order valence-corrected chi connectivity index (χ0v) is 18.1. The summed E-state index contributed by atoms with van der Waals surface area (Å²) in [5.41, 5.74) is 8.07. The van der Waals surface area contributed by atoms with E-state index >= 15 is 0 Å². The van der Waals surface area contributed by atoms with E-state index < -0.39 is 0 Å². The standard InChI is InChI=1S/C19H27ClN6OS/c1-5-11(3)22-15(27)9-28-19-23-18-16(12(4)24-25-18)17(21)26(19)13-7-6-10(2)14(20)8-13/h6-8,11-12,16,18,21,24-25H,5,9H2,1-4H3,(H,22,27). The molecule has 152 valence electrons. The van der Waals surface area contributed by atoms with Gasteiger partial charge in [-0.15, -0.1) is 0 Å². The molecule has 0 saturated carbocycles. The molecule has 7 nitrogen and oxygen atoms in total. The fourth-order valence-electron chi connectivity index (χ4n) is 3.22. The highest BCUT2D eigenvalue weighted by molar-refractivity contribution is 8.14. The second kappa shape index (κ2) is 8.82. The number of nitrogens with one attached hydrogen (secondary N) is 4. The molecule has 0 radical (unpaired) electrons. The predicted octanol–water partition coefficient (Wildman–Crippen LogP) is 2.89. The van der Waals surface area contributed by atoms with Gasteiger partial charge in [0.1, 0.15) is 12.0 Å². The summed E-state index contributed by atoms with van der Waals surface area (Å²) in [4.78, 5) is 18.8. The van der Waals surface area contributed by atoms with Crippen LogP contribution in [0.3, 0.4) is 0 Å². The van der Waals surface area contributed by atoms with Crippen LogP contribution < -0.4 is 21.1 Å². The smallest absolute Gasteiger partial charge is 0.230 e. The average molecular weight is 423 g/mol. The summed E-state index contributed by atoms with van der Waals surface area (Å²) in [6, 6.07) is 5.93. The average Bonchev–Trinajstić information content (AvgIpc) is 3.03. The first-order chi connectivity index (χ1) is 13.3. The first-order valence-corrected chi connectivity index (χ1v) is 10.8. The minimum atomic E-state index is -0.222. The lowest BCUT2D eigenvalue weighted by atomic mass is 9.97. The molecule has 1 amide bonds. The van der Waals surface area contributed by atoms with Crippen LogP contribution in [0.1, 0.15) is 32.8 Å². The van der Waals surface area contributed by atoms with E-state index in [-0.39, 0.29) is 35.8 Å². The third-order valence-corrected chi connectivity index (χ3v) is 6.46. The first-order valence-electron chi connectivity index (χ1n) is 9.47. The van der Waals surface area contributed by atoms with Gasteiger partial charge in [-0.25, -0.2) is 10.4 Å². The number of carbonyl (C=O) groups is 1. The number of hydrogen-bond donors (Lipinski definition) is 4. The van der Waals surface area contributed by atoms with Crippen molar-refractivity contribution in [3.8, 4) is 0 Å². The lowest BCUT2D eigenvalue weighted by Gasteiger charge is -2.36. The topological polar surface area (TPSA) is 92.6 Å². The van der Waals surface area contributed by atoms with E-state index in [0.717, 1.165) is 17.7 Å². The SMILES string of the molecule is CCC(C)NC(=O)CSC1=NC2NNC(C)C2C(=N)N1c1ccc(C)c(Cl)c1. The van der Waals surface area contributed by atoms with Gasteiger partial charge in [-0.2, -0.15) is 0 Å². The molecule has 2 aliphatic rings. The van der Waals surface area contributed by atoms with Crippen molar-refractivity contribution in [1.82, 2.24) is 16.2 Å². The maximum atomic E-state index is 12.3. The van der Waals surface area contributed by atoms with E-state index in [1.807, 2.05) is 45.9 Å². The minimum Gasteiger partial charge on any atom is -0.353 e. The van der Waals surface area contributed by atoms with Crippen molar-refractivity contribution in [1.29, 1.82) is 5.41 Å². The van der Waals surface area contributed by atoms with Gasteiger partial charge in [0.15, 0.2) is 5.17 Å². The van der Waals surface area contributed by atoms with E-state index in [2.05, 4.69) is 16.2 Å². The Labute approximate surface area is 175 Å². The summed E-state index contributed by atoms with van der Waals surface area (Å²) in [6.45, 7) is 7.99. The molecule has 4 N–H and O–H groups in total. The molecule has 4 unspecified atom stereocenters. The van der Waals surface area contributed by atoms with E-state index in [1.165, 1.54) is 11.8 Å². The number of aryl methyl sites for hydroxylation is 1. The normalized spacial score (nSPS) is 25.3. The second-order valence-corrected chi connectivity index (χ2v) is 8.63. The van der Waals surface area contributed by atoms with Crippen LogP contribution in [0.5, 0.6) is 0 Å². The molecule has 4 atom stereocenters. The monoisotopic (exact) mass is 422 g/mol. The number of hydrazine groups is 1. The number of thioether (sulfide) groups is 1. The summed E-state index contributed by atoms with van der Waals surface area (Å²) in [7, 11) is 0. The van der Waals surface area contributed by atoms with Crippen molar-refractivity contribution in [2.75, 3.05) is 10.7 Å². The fraction of sp³-hybridized carbons (Fsp3) is 0.526. The summed E-state index contributed by atoms with van der Waals surface area (Å²) in [6.07, 6.45) is 0.660. The van der Waals surface area contributed by atoms with Crippen molar-refractivity contribution in [3.63, 3.8) is 0 Å². The molecule has 0 bridgehead atoms. The third kappa shape index (κ3) is 4.35. The highest BCUT2D eigenvalue weighted by Crippen LogP contribution is 2.33. The van der Waals surface area contributed by atoms with E-state index in [0.29, 0.717) is 16.0 Å². The molecule has 1 aromatic rings. The quantitative estimate of drug-likeness (QED) is 0.585. The number of benzene rings is 1. The van der Waals surface area contributed by atoms with E-state index in [9.17, 15) is 4.79 Å². The van der Waals surface area contributed by atoms with Crippen LogP contribution in [-0.2, 0) is 4.79 Å². The lowest BCUT2D eigenvalue weighted by Crippen LogP contribution is -2.50. The van der Waals surface area contributed by atoms with Crippen molar-refractivity contribution >= 4 is 46.0 Å². The third-order valence-electron chi connectivity index (χ3n) is 5.10. The number of carbonyl (C=O) groups excluding carboxylic acids is 1. The van der Waals surface area contributed by atoms with Gasteiger partial charge < -0.3 is 5.32 Å². The number of fused-ring (bicyclic) bond motifs is 1. The van der Waals surface area contributed by atoms with Gasteiger partial charge in [-0.1, -0.05) is 36.4 Å². The molecule has 0 aromatic heterocycles. The van der Waals surface area contributed by atoms with Crippen LogP contribution in [0.2, 0.25) is 5.02 Å². The summed E-state index contributed by atoms with van der Waals surface area (Å²) in [5.74, 6) is 0.545. The Balaban J connectivity index is 1.87. The Kier molecular flexibility index (Phi) is 6.65. The molecule has 1 fully saturated rings. The number of anilines is 1. The number of nitrogens with zero attached hydrogens (tertiary/aromatic N) is 2. The highest BCUT2D eigenvalue weighted by atomic mass is 35.5.